The van der Waals surface area contributed by atoms with Crippen molar-refractivity contribution in [2.75, 3.05) is 30.1 Å². The first-order chi connectivity index (χ1) is 12.0. The van der Waals surface area contributed by atoms with E-state index in [2.05, 4.69) is 15.3 Å². The second-order valence-electron chi connectivity index (χ2n) is 5.67. The maximum absolute atomic E-state index is 12.1. The van der Waals surface area contributed by atoms with Crippen molar-refractivity contribution >= 4 is 39.9 Å². The van der Waals surface area contributed by atoms with Gasteiger partial charge in [0.25, 0.3) is 5.56 Å². The molecule has 0 aliphatic carbocycles. The zero-order valence-electron chi connectivity index (χ0n) is 13.9. The van der Waals surface area contributed by atoms with Crippen LogP contribution in [0, 0.1) is 0 Å². The lowest BCUT2D eigenvalue weighted by Crippen LogP contribution is -2.15. The van der Waals surface area contributed by atoms with Crippen LogP contribution in [0.1, 0.15) is 0 Å². The Kier molecular flexibility index (Phi) is 5.04. The average molecular weight is 354 g/mol. The van der Waals surface area contributed by atoms with Gasteiger partial charge in [-0.05, 0) is 36.4 Å². The smallest absolute Gasteiger partial charge is 0.259 e. The molecular formula is C18H18N4O2S. The highest BCUT2D eigenvalue weighted by molar-refractivity contribution is 7.99. The lowest BCUT2D eigenvalue weighted by Gasteiger charge is -2.13. The number of para-hydroxylation sites is 1. The van der Waals surface area contributed by atoms with Crippen molar-refractivity contribution < 1.29 is 4.79 Å². The van der Waals surface area contributed by atoms with Crippen molar-refractivity contribution in [3.8, 4) is 0 Å². The van der Waals surface area contributed by atoms with E-state index in [9.17, 15) is 9.59 Å². The second kappa shape index (κ2) is 7.40. The highest BCUT2D eigenvalue weighted by atomic mass is 32.2. The molecule has 0 saturated carbocycles. The Balaban J connectivity index is 1.63. The van der Waals surface area contributed by atoms with E-state index in [1.54, 1.807) is 18.2 Å². The topological polar surface area (TPSA) is 78.1 Å². The summed E-state index contributed by atoms with van der Waals surface area (Å²) < 4.78 is 0. The van der Waals surface area contributed by atoms with E-state index in [0.717, 1.165) is 11.4 Å². The molecule has 7 heteroatoms. The summed E-state index contributed by atoms with van der Waals surface area (Å²) >= 11 is 1.20. The van der Waals surface area contributed by atoms with Gasteiger partial charge < -0.3 is 15.2 Å². The van der Waals surface area contributed by atoms with Gasteiger partial charge >= 0.3 is 0 Å². The molecule has 1 heterocycles. The average Bonchev–Trinajstić information content (AvgIpc) is 2.60. The molecule has 1 aromatic heterocycles. The number of thioether (sulfide) groups is 1. The van der Waals surface area contributed by atoms with Gasteiger partial charge in [0.1, 0.15) is 0 Å². The minimum atomic E-state index is -0.201. The van der Waals surface area contributed by atoms with E-state index >= 15 is 0 Å². The van der Waals surface area contributed by atoms with Gasteiger partial charge in [0.05, 0.1) is 16.7 Å². The van der Waals surface area contributed by atoms with Crippen molar-refractivity contribution in [1.29, 1.82) is 0 Å². The third-order valence-electron chi connectivity index (χ3n) is 3.60. The third kappa shape index (κ3) is 4.19. The molecule has 6 nitrogen and oxygen atoms in total. The molecule has 0 spiro atoms. The van der Waals surface area contributed by atoms with E-state index in [-0.39, 0.29) is 17.2 Å². The summed E-state index contributed by atoms with van der Waals surface area (Å²) in [5.74, 6) is 0.00916. The Hall–Kier alpha value is -2.80. The van der Waals surface area contributed by atoms with E-state index in [0.29, 0.717) is 16.1 Å². The molecule has 2 aromatic carbocycles. The zero-order valence-corrected chi connectivity index (χ0v) is 14.8. The summed E-state index contributed by atoms with van der Waals surface area (Å²) in [5, 5.41) is 3.80. The van der Waals surface area contributed by atoms with Crippen LogP contribution in [0.3, 0.4) is 0 Å². The van der Waals surface area contributed by atoms with E-state index in [1.165, 1.54) is 11.8 Å². The number of hydrogen-bond acceptors (Lipinski definition) is 5. The fourth-order valence-corrected chi connectivity index (χ4v) is 2.97. The molecule has 128 valence electrons. The van der Waals surface area contributed by atoms with Crippen molar-refractivity contribution in [2.45, 2.75) is 5.16 Å². The quantitative estimate of drug-likeness (QED) is 0.544. The number of carbonyl (C=O) groups excluding carboxylic acids is 1. The largest absolute Gasteiger partial charge is 0.378 e. The highest BCUT2D eigenvalue weighted by Gasteiger charge is 2.08. The van der Waals surface area contributed by atoms with Gasteiger partial charge in [-0.15, -0.1) is 0 Å². The summed E-state index contributed by atoms with van der Waals surface area (Å²) in [6.45, 7) is 0. The van der Waals surface area contributed by atoms with E-state index < -0.39 is 0 Å². The fourth-order valence-electron chi connectivity index (χ4n) is 2.31. The third-order valence-corrected chi connectivity index (χ3v) is 4.47. The maximum atomic E-state index is 12.1. The summed E-state index contributed by atoms with van der Waals surface area (Å²) in [4.78, 5) is 33.2. The van der Waals surface area contributed by atoms with Crippen LogP contribution in [0.4, 0.5) is 11.4 Å². The lowest BCUT2D eigenvalue weighted by atomic mass is 10.2. The molecular weight excluding hydrogens is 336 g/mol. The van der Waals surface area contributed by atoms with Gasteiger partial charge in [-0.3, -0.25) is 9.59 Å². The Bertz CT molecular complexity index is 951. The number of nitrogens with zero attached hydrogens (tertiary/aromatic N) is 2. The van der Waals surface area contributed by atoms with Crippen LogP contribution >= 0.6 is 11.8 Å². The van der Waals surface area contributed by atoms with Gasteiger partial charge in [0.15, 0.2) is 5.16 Å². The lowest BCUT2D eigenvalue weighted by molar-refractivity contribution is -0.113. The number of fused-ring (bicyclic) bond motifs is 1. The van der Waals surface area contributed by atoms with E-state index in [1.807, 2.05) is 49.3 Å². The maximum Gasteiger partial charge on any atom is 0.259 e. The molecule has 0 aliphatic rings. The zero-order chi connectivity index (χ0) is 17.8. The Labute approximate surface area is 149 Å². The molecule has 0 bridgehead atoms. The molecule has 3 aromatic rings. The van der Waals surface area contributed by atoms with Gasteiger partial charge in [-0.2, -0.15) is 0 Å². The molecule has 0 fully saturated rings. The van der Waals surface area contributed by atoms with Gasteiger partial charge in [-0.25, -0.2) is 4.98 Å². The summed E-state index contributed by atoms with van der Waals surface area (Å²) in [5.41, 5.74) is 2.21. The van der Waals surface area contributed by atoms with Crippen LogP contribution in [0.2, 0.25) is 0 Å². The summed E-state index contributed by atoms with van der Waals surface area (Å²) in [6, 6.07) is 14.7. The number of hydrogen-bond donors (Lipinski definition) is 2. The SMILES string of the molecule is CN(C)c1ccc(NC(=O)CSc2nc3ccccc3c(=O)[nH]2)cc1. The van der Waals surface area contributed by atoms with Crippen molar-refractivity contribution in [3.05, 3.63) is 58.9 Å². The normalized spacial score (nSPS) is 10.6. The Morgan fingerprint density at radius 1 is 1.16 bits per heavy atom. The molecule has 0 aliphatic heterocycles. The number of aromatic nitrogens is 2. The number of carbonyl (C=O) groups is 1. The van der Waals surface area contributed by atoms with Crippen molar-refractivity contribution in [2.24, 2.45) is 0 Å². The first kappa shape index (κ1) is 17.0. The molecule has 3 rings (SSSR count). The first-order valence-corrected chi connectivity index (χ1v) is 8.70. The predicted molar refractivity (Wildman–Crippen MR) is 102 cm³/mol. The molecule has 2 N–H and O–H groups in total. The predicted octanol–water partition coefficient (Wildman–Crippen LogP) is 2.72. The standard InChI is InChI=1S/C18H18N4O2S/c1-22(2)13-9-7-12(8-10-13)19-16(23)11-25-18-20-15-6-4-3-5-14(15)17(24)21-18/h3-10H,11H2,1-2H3,(H,19,23)(H,20,21,24). The molecule has 1 amide bonds. The number of amides is 1. The van der Waals surface area contributed by atoms with Crippen molar-refractivity contribution in [1.82, 2.24) is 9.97 Å². The number of nitrogens with one attached hydrogen (secondary N) is 2. The van der Waals surface area contributed by atoms with Gasteiger partial charge in [-0.1, -0.05) is 23.9 Å². The molecule has 0 unspecified atom stereocenters. The first-order valence-electron chi connectivity index (χ1n) is 7.72. The van der Waals surface area contributed by atoms with Crippen LogP contribution in [0.5, 0.6) is 0 Å². The van der Waals surface area contributed by atoms with Crippen LogP contribution in [0.25, 0.3) is 10.9 Å². The summed E-state index contributed by atoms with van der Waals surface area (Å²) in [7, 11) is 3.92. The Morgan fingerprint density at radius 3 is 2.60 bits per heavy atom. The van der Waals surface area contributed by atoms with Crippen LogP contribution in [-0.4, -0.2) is 35.7 Å². The minimum Gasteiger partial charge on any atom is -0.378 e. The molecule has 25 heavy (non-hydrogen) atoms. The minimum absolute atomic E-state index is 0.154. The van der Waals surface area contributed by atoms with Crippen LogP contribution in [0.15, 0.2) is 58.5 Å². The number of aromatic amines is 1. The highest BCUT2D eigenvalue weighted by Crippen LogP contribution is 2.18. The second-order valence-corrected chi connectivity index (χ2v) is 6.63. The van der Waals surface area contributed by atoms with Crippen molar-refractivity contribution in [3.63, 3.8) is 0 Å². The van der Waals surface area contributed by atoms with E-state index in [4.69, 9.17) is 0 Å². The molecule has 0 saturated heterocycles. The van der Waals surface area contributed by atoms with Crippen LogP contribution in [-0.2, 0) is 4.79 Å². The number of benzene rings is 2. The van der Waals surface area contributed by atoms with Gasteiger partial charge in [0.2, 0.25) is 5.91 Å². The summed E-state index contributed by atoms with van der Waals surface area (Å²) in [6.07, 6.45) is 0. The fraction of sp³-hybridized carbons (Fsp3) is 0.167. The van der Waals surface area contributed by atoms with Crippen LogP contribution < -0.4 is 15.8 Å². The number of rotatable bonds is 5. The van der Waals surface area contributed by atoms with Gasteiger partial charge in [0, 0.05) is 25.5 Å². The number of anilines is 2. The molecule has 0 radical (unpaired) electrons. The number of H-pyrrole nitrogens is 1. The Morgan fingerprint density at radius 2 is 1.88 bits per heavy atom. The molecule has 0 atom stereocenters. The monoisotopic (exact) mass is 354 g/mol.